The van der Waals surface area contributed by atoms with E-state index in [1.807, 2.05) is 30.3 Å². The fourth-order valence-corrected chi connectivity index (χ4v) is 4.25. The van der Waals surface area contributed by atoms with Crippen LogP contribution in [0.5, 0.6) is 0 Å². The van der Waals surface area contributed by atoms with E-state index in [1.165, 1.54) is 0 Å². The largest absolute Gasteiger partial charge is 0.362 e. The normalized spacial score (nSPS) is 15.7. The molecule has 0 amide bonds. The molecule has 0 aliphatic carbocycles. The highest BCUT2D eigenvalue weighted by atomic mass is 19.1. The van der Waals surface area contributed by atoms with E-state index in [2.05, 4.69) is 54.7 Å². The van der Waals surface area contributed by atoms with Crippen LogP contribution in [0.4, 0.5) is 10.1 Å². The van der Waals surface area contributed by atoms with Gasteiger partial charge in [0.05, 0.1) is 22.1 Å². The van der Waals surface area contributed by atoms with E-state index in [-0.39, 0.29) is 11.4 Å². The number of benzene rings is 2. The van der Waals surface area contributed by atoms with Crippen LogP contribution in [0.25, 0.3) is 28.3 Å². The van der Waals surface area contributed by atoms with Gasteiger partial charge in [-0.05, 0) is 63.1 Å². The van der Waals surface area contributed by atoms with Gasteiger partial charge in [0, 0.05) is 23.4 Å². The van der Waals surface area contributed by atoms with Gasteiger partial charge in [0.2, 0.25) is 0 Å². The van der Waals surface area contributed by atoms with Crippen molar-refractivity contribution in [1.29, 1.82) is 5.26 Å². The van der Waals surface area contributed by atoms with E-state index in [0.717, 1.165) is 40.8 Å². The van der Waals surface area contributed by atoms with Crippen molar-refractivity contribution in [3.8, 4) is 6.07 Å². The number of hydrogen-bond donors (Lipinski definition) is 1. The molecule has 30 heavy (non-hydrogen) atoms. The minimum absolute atomic E-state index is 0.178. The van der Waals surface area contributed by atoms with Gasteiger partial charge >= 0.3 is 0 Å². The molecule has 1 aliphatic rings. The van der Waals surface area contributed by atoms with Gasteiger partial charge in [-0.2, -0.15) is 5.26 Å². The van der Waals surface area contributed by atoms with E-state index in [0.29, 0.717) is 17.0 Å². The van der Waals surface area contributed by atoms with Gasteiger partial charge in [-0.3, -0.25) is 0 Å². The molecular weight excluding hydrogens is 375 g/mol. The molecule has 0 bridgehead atoms. The number of fused-ring (bicyclic) bond motifs is 2. The van der Waals surface area contributed by atoms with Crippen molar-refractivity contribution in [1.82, 2.24) is 9.97 Å². The summed E-state index contributed by atoms with van der Waals surface area (Å²) in [4.78, 5) is 9.87. The van der Waals surface area contributed by atoms with Crippen molar-refractivity contribution in [2.75, 3.05) is 11.4 Å². The first kappa shape index (κ1) is 19.9. The average molecular weight is 401 g/mol. The van der Waals surface area contributed by atoms with E-state index >= 15 is 4.39 Å². The van der Waals surface area contributed by atoms with E-state index in [1.54, 1.807) is 12.1 Å². The number of nitrogens with one attached hydrogen (secondary N) is 1. The Morgan fingerprint density at radius 3 is 2.77 bits per heavy atom. The highest BCUT2D eigenvalue weighted by Gasteiger charge is 2.31. The SMILES string of the molecule is CCCN1c2cc(F)c(/C=C(\C#N)c3nc4ccccc4[nH]3)cc2C(C)=CC1(C)C. The van der Waals surface area contributed by atoms with Gasteiger partial charge in [-0.1, -0.05) is 25.1 Å². The fourth-order valence-electron chi connectivity index (χ4n) is 4.25. The highest BCUT2D eigenvalue weighted by Crippen LogP contribution is 2.40. The van der Waals surface area contributed by atoms with Crippen LogP contribution in [-0.2, 0) is 0 Å². The summed E-state index contributed by atoms with van der Waals surface area (Å²) in [6, 6.07) is 13.2. The van der Waals surface area contributed by atoms with Crippen LogP contribution in [0.3, 0.4) is 0 Å². The second-order valence-corrected chi connectivity index (χ2v) is 8.30. The number of halogens is 1. The number of hydrogen-bond acceptors (Lipinski definition) is 3. The highest BCUT2D eigenvalue weighted by molar-refractivity contribution is 5.92. The molecule has 0 spiro atoms. The van der Waals surface area contributed by atoms with Crippen molar-refractivity contribution in [2.24, 2.45) is 0 Å². The summed E-state index contributed by atoms with van der Waals surface area (Å²) in [5.41, 5.74) is 5.13. The third-order valence-electron chi connectivity index (χ3n) is 5.61. The maximum atomic E-state index is 15.2. The number of anilines is 1. The Bertz CT molecular complexity index is 1190. The molecule has 0 atom stereocenters. The number of H-pyrrole nitrogens is 1. The topological polar surface area (TPSA) is 55.7 Å². The molecule has 2 heterocycles. The molecule has 0 saturated heterocycles. The number of aromatic amines is 1. The van der Waals surface area contributed by atoms with Gasteiger partial charge in [0.1, 0.15) is 17.7 Å². The van der Waals surface area contributed by atoms with Crippen LogP contribution >= 0.6 is 0 Å². The number of aromatic nitrogens is 2. The average Bonchev–Trinajstić information content (AvgIpc) is 3.13. The van der Waals surface area contributed by atoms with Crippen molar-refractivity contribution in [3.63, 3.8) is 0 Å². The quantitative estimate of drug-likeness (QED) is 0.532. The lowest BCUT2D eigenvalue weighted by Crippen LogP contribution is -2.45. The maximum Gasteiger partial charge on any atom is 0.149 e. The molecule has 0 fully saturated rings. The molecule has 1 aliphatic heterocycles. The summed E-state index contributed by atoms with van der Waals surface area (Å²) in [5.74, 6) is 0.0982. The summed E-state index contributed by atoms with van der Waals surface area (Å²) < 4.78 is 15.2. The number of nitriles is 1. The Morgan fingerprint density at radius 2 is 2.07 bits per heavy atom. The second-order valence-electron chi connectivity index (χ2n) is 8.30. The van der Waals surface area contributed by atoms with Crippen LogP contribution in [0.1, 0.15) is 51.1 Å². The zero-order valence-corrected chi connectivity index (χ0v) is 17.8. The molecule has 1 aromatic heterocycles. The summed E-state index contributed by atoms with van der Waals surface area (Å²) in [7, 11) is 0. The van der Waals surface area contributed by atoms with Crippen LogP contribution in [-0.4, -0.2) is 22.1 Å². The number of nitrogens with zero attached hydrogens (tertiary/aromatic N) is 3. The van der Waals surface area contributed by atoms with Crippen LogP contribution in [0.2, 0.25) is 0 Å². The van der Waals surface area contributed by atoms with Gasteiger partial charge in [0.25, 0.3) is 0 Å². The zero-order chi connectivity index (χ0) is 21.5. The molecular formula is C25H25FN4. The van der Waals surface area contributed by atoms with E-state index < -0.39 is 0 Å². The minimum Gasteiger partial charge on any atom is -0.362 e. The van der Waals surface area contributed by atoms with E-state index in [4.69, 9.17) is 0 Å². The first-order chi connectivity index (χ1) is 14.3. The molecule has 0 saturated carbocycles. The third kappa shape index (κ3) is 3.39. The standard InChI is InChI=1S/C25H25FN4/c1-5-10-30-23-13-20(26)17(12-19(23)16(2)14-25(30,3)4)11-18(15-27)24-28-21-8-6-7-9-22(21)29-24/h6-9,11-14H,5,10H2,1-4H3,(H,28,29)/b18-11+. The Morgan fingerprint density at radius 1 is 1.30 bits per heavy atom. The summed E-state index contributed by atoms with van der Waals surface area (Å²) in [6.45, 7) is 9.33. The first-order valence-electron chi connectivity index (χ1n) is 10.2. The number of imidazole rings is 1. The second kappa shape index (κ2) is 7.46. The fraction of sp³-hybridized carbons (Fsp3) is 0.280. The lowest BCUT2D eigenvalue weighted by atomic mass is 9.87. The van der Waals surface area contributed by atoms with Crippen LogP contribution < -0.4 is 4.90 Å². The Labute approximate surface area is 176 Å². The van der Waals surface area contributed by atoms with Crippen molar-refractivity contribution in [2.45, 2.75) is 39.7 Å². The summed E-state index contributed by atoms with van der Waals surface area (Å²) in [5, 5.41) is 9.71. The smallest absolute Gasteiger partial charge is 0.149 e. The molecule has 152 valence electrons. The van der Waals surface area contributed by atoms with Gasteiger partial charge in [-0.15, -0.1) is 0 Å². The lowest BCUT2D eigenvalue weighted by Gasteiger charge is -2.43. The van der Waals surface area contributed by atoms with Gasteiger partial charge < -0.3 is 9.88 Å². The molecule has 1 N–H and O–H groups in total. The monoisotopic (exact) mass is 400 g/mol. The van der Waals surface area contributed by atoms with Crippen LogP contribution in [0, 0.1) is 17.1 Å². The Hall–Kier alpha value is -3.39. The molecule has 3 aromatic rings. The van der Waals surface area contributed by atoms with Crippen molar-refractivity contribution < 1.29 is 4.39 Å². The van der Waals surface area contributed by atoms with Crippen LogP contribution in [0.15, 0.2) is 42.5 Å². The van der Waals surface area contributed by atoms with E-state index in [9.17, 15) is 5.26 Å². The molecule has 0 radical (unpaired) electrons. The summed E-state index contributed by atoms with van der Waals surface area (Å²) >= 11 is 0. The number of rotatable bonds is 4. The lowest BCUT2D eigenvalue weighted by molar-refractivity contribution is 0.546. The zero-order valence-electron chi connectivity index (χ0n) is 17.8. The Kier molecular flexibility index (Phi) is 4.95. The van der Waals surface area contributed by atoms with Crippen molar-refractivity contribution in [3.05, 3.63) is 65.2 Å². The van der Waals surface area contributed by atoms with Gasteiger partial charge in [0.15, 0.2) is 0 Å². The van der Waals surface area contributed by atoms with Gasteiger partial charge in [-0.25, -0.2) is 9.37 Å². The first-order valence-corrected chi connectivity index (χ1v) is 10.2. The number of allylic oxidation sites excluding steroid dienone is 2. The summed E-state index contributed by atoms with van der Waals surface area (Å²) in [6.07, 6.45) is 4.77. The molecule has 2 aromatic carbocycles. The maximum absolute atomic E-state index is 15.2. The predicted molar refractivity (Wildman–Crippen MR) is 121 cm³/mol. The minimum atomic E-state index is -0.343. The Balaban J connectivity index is 1.82. The number of para-hydroxylation sites is 2. The molecule has 5 heteroatoms. The predicted octanol–water partition coefficient (Wildman–Crippen LogP) is 6.18. The van der Waals surface area contributed by atoms with Crippen molar-refractivity contribution >= 4 is 33.9 Å². The molecule has 0 unspecified atom stereocenters. The molecule has 4 nitrogen and oxygen atoms in total. The molecule has 4 rings (SSSR count). The third-order valence-corrected chi connectivity index (χ3v) is 5.61.